The Kier molecular flexibility index (Phi) is 19.0. The number of carbonyl (C=O) groups is 3. The standard InChI is InChI=1S/C26H24FN3O2S.C19H19N3O2S.C10H8ClNO.C9H12N2OS/c1-18-24(28-12-14-29(15-13-28)26(32)23-7-4-16-33-23)21-5-2-3-6-22(21)30(25(18)31)17-19-8-10-20(27)11-9-19;1-13-17(14-5-2-3-6-15(14)20-18(13)23)21-8-10-22(11-9-21)19(24)16-7-4-12-25-16;1-6-9(11)7-4-2-3-5-8(7)12-10(6)13;12-9(8-2-1-7-13-8)11-5-3-10-4-6-11/h2-11,16H,12-15,17H2,1H3;2-7,12H,8-11H2,1H3,(H,20,23);2-5H,1H3,(H,12,13);1-2,7,10H,3-6H2. The number of piperazine rings is 3. The van der Waals surface area contributed by atoms with Crippen LogP contribution in [0, 0.1) is 26.6 Å². The SMILES string of the molecule is Cc1c(Cl)c2ccccc2[nH]c1=O.Cc1c(N2CCN(C(=O)c3cccs3)CC2)c2ccccc2[nH]c1=O.Cc1c(N2CCN(C(=O)c3cccs3)CC2)c2ccccc2n(Cc2ccc(F)cc2)c1=O.O=C(c1cccs1)N1CCNCC1. The highest BCUT2D eigenvalue weighted by molar-refractivity contribution is 7.12. The minimum Gasteiger partial charge on any atom is -0.367 e. The first kappa shape index (κ1) is 59.0. The van der Waals surface area contributed by atoms with Crippen molar-refractivity contribution >= 4 is 107 Å². The quantitative estimate of drug-likeness (QED) is 0.141. The summed E-state index contributed by atoms with van der Waals surface area (Å²) >= 11 is 10.5. The lowest BCUT2D eigenvalue weighted by Gasteiger charge is -2.37. The zero-order valence-electron chi connectivity index (χ0n) is 46.7. The maximum Gasteiger partial charge on any atom is 0.264 e. The number of amides is 3. The third kappa shape index (κ3) is 13.3. The summed E-state index contributed by atoms with van der Waals surface area (Å²) in [5.74, 6) is 0.0544. The van der Waals surface area contributed by atoms with Crippen molar-refractivity contribution in [1.29, 1.82) is 0 Å². The molecule has 3 N–H and O–H groups in total. The van der Waals surface area contributed by atoms with Crippen LogP contribution < -0.4 is 31.8 Å². The molecule has 432 valence electrons. The molecular weight excluding hydrogens is 1140 g/mol. The van der Waals surface area contributed by atoms with E-state index in [-0.39, 0.29) is 40.2 Å². The molecule has 9 heterocycles. The minimum atomic E-state index is -0.292. The second-order valence-corrected chi connectivity index (χ2v) is 23.7. The molecule has 13 rings (SSSR count). The predicted molar refractivity (Wildman–Crippen MR) is 340 cm³/mol. The average Bonchev–Trinajstić information content (AvgIpc) is 3.20. The summed E-state index contributed by atoms with van der Waals surface area (Å²) in [6.45, 7) is 14.7. The van der Waals surface area contributed by atoms with Gasteiger partial charge in [-0.3, -0.25) is 28.8 Å². The molecule has 3 saturated heterocycles. The van der Waals surface area contributed by atoms with E-state index >= 15 is 0 Å². The van der Waals surface area contributed by atoms with Gasteiger partial charge in [0.2, 0.25) is 0 Å². The molecule has 6 aromatic heterocycles. The normalized spacial score (nSPS) is 14.3. The van der Waals surface area contributed by atoms with Crippen molar-refractivity contribution in [2.24, 2.45) is 0 Å². The van der Waals surface area contributed by atoms with Gasteiger partial charge < -0.3 is 44.4 Å². The molecule has 0 spiro atoms. The number of nitrogens with one attached hydrogen (secondary N) is 3. The molecule has 3 aliphatic heterocycles. The number of nitrogens with zero attached hydrogens (tertiary/aromatic N) is 6. The van der Waals surface area contributed by atoms with E-state index in [1.54, 1.807) is 23.6 Å². The summed E-state index contributed by atoms with van der Waals surface area (Å²) in [5, 5.41) is 12.5. The van der Waals surface area contributed by atoms with Crippen LogP contribution in [-0.4, -0.2) is 125 Å². The van der Waals surface area contributed by atoms with Crippen molar-refractivity contribution in [3.63, 3.8) is 0 Å². The molecule has 0 bridgehead atoms. The molecule has 0 aliphatic carbocycles. The van der Waals surface area contributed by atoms with Crippen LogP contribution >= 0.6 is 45.6 Å². The van der Waals surface area contributed by atoms with Crippen molar-refractivity contribution in [1.82, 2.24) is 34.6 Å². The van der Waals surface area contributed by atoms with E-state index in [0.29, 0.717) is 62.0 Å². The highest BCUT2D eigenvalue weighted by atomic mass is 35.5. The molecule has 0 radical (unpaired) electrons. The molecule has 3 fully saturated rings. The lowest BCUT2D eigenvalue weighted by Crippen LogP contribution is -2.49. The summed E-state index contributed by atoms with van der Waals surface area (Å²) in [6.07, 6.45) is 0. The van der Waals surface area contributed by atoms with Gasteiger partial charge in [0.1, 0.15) is 5.82 Å². The number of anilines is 2. The molecule has 3 aliphatic rings. The number of pyridine rings is 3. The second-order valence-electron chi connectivity index (χ2n) is 20.5. The highest BCUT2D eigenvalue weighted by Gasteiger charge is 2.28. The van der Waals surface area contributed by atoms with E-state index in [9.17, 15) is 33.2 Å². The highest BCUT2D eigenvalue weighted by Crippen LogP contribution is 2.32. The molecule has 4 aromatic carbocycles. The summed E-state index contributed by atoms with van der Waals surface area (Å²) < 4.78 is 15.1. The van der Waals surface area contributed by atoms with Crippen LogP contribution in [0.25, 0.3) is 32.7 Å². The van der Waals surface area contributed by atoms with Gasteiger partial charge in [-0.1, -0.05) is 96.5 Å². The number of thiophene rings is 3. The number of H-pyrrole nitrogens is 2. The maximum absolute atomic E-state index is 13.4. The van der Waals surface area contributed by atoms with E-state index in [1.807, 2.05) is 154 Å². The number of hydrogen-bond donors (Lipinski definition) is 3. The molecule has 10 aromatic rings. The Balaban J connectivity index is 0.000000135. The van der Waals surface area contributed by atoms with Crippen molar-refractivity contribution in [3.05, 3.63) is 228 Å². The number of para-hydroxylation sites is 3. The van der Waals surface area contributed by atoms with Gasteiger partial charge in [-0.2, -0.15) is 0 Å². The van der Waals surface area contributed by atoms with E-state index in [4.69, 9.17) is 11.6 Å². The number of aromatic amines is 2. The monoisotopic (exact) mass is 1200 g/mol. The van der Waals surface area contributed by atoms with Crippen LogP contribution in [0.1, 0.15) is 51.3 Å². The average molecular weight is 1200 g/mol. The Hall–Kier alpha value is -8.20. The van der Waals surface area contributed by atoms with Crippen LogP contribution in [0.5, 0.6) is 0 Å². The third-order valence-corrected chi connectivity index (χ3v) is 18.3. The van der Waals surface area contributed by atoms with Gasteiger partial charge in [-0.15, -0.1) is 34.0 Å². The topological polar surface area (TPSA) is 167 Å². The molecule has 15 nitrogen and oxygen atoms in total. The first-order chi connectivity index (χ1) is 40.7. The van der Waals surface area contributed by atoms with Crippen molar-refractivity contribution < 1.29 is 18.8 Å². The first-order valence-electron chi connectivity index (χ1n) is 27.7. The van der Waals surface area contributed by atoms with Crippen molar-refractivity contribution in [2.75, 3.05) is 88.3 Å². The number of carbonyl (C=O) groups excluding carboxylic acids is 3. The predicted octanol–water partition coefficient (Wildman–Crippen LogP) is 10.7. The van der Waals surface area contributed by atoms with Gasteiger partial charge in [-0.25, -0.2) is 4.39 Å². The van der Waals surface area contributed by atoms with Gasteiger partial charge in [0.05, 0.1) is 48.6 Å². The van der Waals surface area contributed by atoms with Gasteiger partial charge in [0.15, 0.2) is 0 Å². The number of halogens is 2. The number of fused-ring (bicyclic) bond motifs is 3. The third-order valence-electron chi connectivity index (χ3n) is 15.2. The van der Waals surface area contributed by atoms with Gasteiger partial charge >= 0.3 is 0 Å². The number of hydrogen-bond acceptors (Lipinski definition) is 12. The fraction of sp³-hybridized carbons (Fsp3) is 0.250. The second kappa shape index (κ2) is 27.0. The number of benzene rings is 4. The Morgan fingerprint density at radius 1 is 0.488 bits per heavy atom. The summed E-state index contributed by atoms with van der Waals surface area (Å²) in [4.78, 5) is 92.2. The van der Waals surface area contributed by atoms with Crippen molar-refractivity contribution in [2.45, 2.75) is 27.3 Å². The Labute approximate surface area is 501 Å². The molecule has 20 heteroatoms. The molecular formula is C64H63ClFN9O6S3. The van der Waals surface area contributed by atoms with Crippen molar-refractivity contribution in [3.8, 4) is 0 Å². The lowest BCUT2D eigenvalue weighted by atomic mass is 10.1. The molecule has 0 unspecified atom stereocenters. The fourth-order valence-electron chi connectivity index (χ4n) is 10.7. The summed E-state index contributed by atoms with van der Waals surface area (Å²) in [6, 6.07) is 40.9. The van der Waals surface area contributed by atoms with Gasteiger partial charge in [0.25, 0.3) is 34.4 Å². The van der Waals surface area contributed by atoms with E-state index < -0.39 is 0 Å². The Bertz CT molecular complexity index is 4110. The summed E-state index contributed by atoms with van der Waals surface area (Å²) in [7, 11) is 0. The number of rotatable bonds is 7. The van der Waals surface area contributed by atoms with Gasteiger partial charge in [0, 0.05) is 117 Å². The molecule has 0 atom stereocenters. The molecule has 3 amide bonds. The smallest absolute Gasteiger partial charge is 0.264 e. The van der Waals surface area contributed by atoms with Crippen LogP contribution in [-0.2, 0) is 6.54 Å². The first-order valence-corrected chi connectivity index (χ1v) is 30.7. The largest absolute Gasteiger partial charge is 0.367 e. The van der Waals surface area contributed by atoms with E-state index in [1.165, 1.54) is 46.1 Å². The molecule has 84 heavy (non-hydrogen) atoms. The van der Waals surface area contributed by atoms with Crippen LogP contribution in [0.3, 0.4) is 0 Å². The zero-order chi connectivity index (χ0) is 58.9. The zero-order valence-corrected chi connectivity index (χ0v) is 49.9. The van der Waals surface area contributed by atoms with Crippen LogP contribution in [0.2, 0.25) is 5.02 Å². The van der Waals surface area contributed by atoms with Crippen LogP contribution in [0.4, 0.5) is 15.8 Å². The van der Waals surface area contributed by atoms with Crippen LogP contribution in [0.15, 0.2) is 164 Å². The van der Waals surface area contributed by atoms with Gasteiger partial charge in [-0.05, 0) is 91.0 Å². The minimum absolute atomic E-state index is 0.0502. The van der Waals surface area contributed by atoms with E-state index in [2.05, 4.69) is 25.1 Å². The molecule has 0 saturated carbocycles. The number of aromatic nitrogens is 3. The maximum atomic E-state index is 13.4. The Morgan fingerprint density at radius 3 is 1.42 bits per heavy atom. The fourth-order valence-corrected chi connectivity index (χ4v) is 13.0. The van der Waals surface area contributed by atoms with E-state index in [0.717, 1.165) is 109 Å². The Morgan fingerprint density at radius 2 is 0.917 bits per heavy atom. The summed E-state index contributed by atoms with van der Waals surface area (Å²) in [5.41, 5.74) is 7.05. The lowest BCUT2D eigenvalue weighted by molar-refractivity contribution is 0.0736.